The van der Waals surface area contributed by atoms with Gasteiger partial charge in [0.1, 0.15) is 0 Å². The van der Waals surface area contributed by atoms with E-state index in [0.717, 1.165) is 30.4 Å². The molecule has 0 spiro atoms. The highest BCUT2D eigenvalue weighted by atomic mass is 35.5. The van der Waals surface area contributed by atoms with Crippen molar-refractivity contribution in [2.75, 3.05) is 0 Å². The molecule has 1 saturated carbocycles. The lowest BCUT2D eigenvalue weighted by Gasteiger charge is -2.39. The first-order valence-electron chi connectivity index (χ1n) is 8.48. The molecule has 3 aromatic rings. The molecule has 0 atom stereocenters. The topological polar surface area (TPSA) is 65.2 Å². The number of halogens is 1. The van der Waals surface area contributed by atoms with Crippen LogP contribution in [0.3, 0.4) is 0 Å². The van der Waals surface area contributed by atoms with Crippen LogP contribution in [0.4, 0.5) is 0 Å². The van der Waals surface area contributed by atoms with Crippen molar-refractivity contribution in [3.05, 3.63) is 71.1 Å². The summed E-state index contributed by atoms with van der Waals surface area (Å²) in [5.41, 5.74) is 1.18. The van der Waals surface area contributed by atoms with Gasteiger partial charge in [-0.05, 0) is 42.7 Å². The van der Waals surface area contributed by atoms with Gasteiger partial charge in [0.2, 0.25) is 5.89 Å². The molecule has 1 aliphatic rings. The standard InChI is InChI=1S/C20H17ClN2O3/c21-16-9-7-15(8-10-16)20(11-4-12-20)19(24)25-13-17-22-23-18(26-17)14-5-2-1-3-6-14/h1-3,5-10H,4,11-13H2. The van der Waals surface area contributed by atoms with Crippen LogP contribution < -0.4 is 0 Å². The molecule has 0 aliphatic heterocycles. The fourth-order valence-corrected chi connectivity index (χ4v) is 3.31. The molecule has 1 aromatic heterocycles. The van der Waals surface area contributed by atoms with Crippen LogP contribution in [0.1, 0.15) is 30.7 Å². The molecule has 1 heterocycles. The summed E-state index contributed by atoms with van der Waals surface area (Å²) in [7, 11) is 0. The van der Waals surface area contributed by atoms with Gasteiger partial charge in [-0.15, -0.1) is 10.2 Å². The van der Waals surface area contributed by atoms with Gasteiger partial charge in [-0.25, -0.2) is 0 Å². The Balaban J connectivity index is 1.45. The normalized spacial score (nSPS) is 15.3. The number of benzene rings is 2. The van der Waals surface area contributed by atoms with Crippen LogP contribution >= 0.6 is 11.6 Å². The van der Waals surface area contributed by atoms with E-state index >= 15 is 0 Å². The molecule has 1 fully saturated rings. The maximum absolute atomic E-state index is 12.7. The molecule has 4 rings (SSSR count). The third-order valence-corrected chi connectivity index (χ3v) is 5.06. The van der Waals surface area contributed by atoms with Crippen molar-refractivity contribution in [3.8, 4) is 11.5 Å². The van der Waals surface area contributed by atoms with E-state index in [1.54, 1.807) is 12.1 Å². The predicted molar refractivity (Wildman–Crippen MR) is 96.5 cm³/mol. The number of carbonyl (C=O) groups excluding carboxylic acids is 1. The molecule has 132 valence electrons. The number of hydrogen-bond acceptors (Lipinski definition) is 5. The fraction of sp³-hybridized carbons (Fsp3) is 0.250. The Labute approximate surface area is 156 Å². The van der Waals surface area contributed by atoms with Gasteiger partial charge >= 0.3 is 5.97 Å². The van der Waals surface area contributed by atoms with Gasteiger partial charge in [-0.1, -0.05) is 48.4 Å². The molecule has 0 unspecified atom stereocenters. The first kappa shape index (κ1) is 16.8. The van der Waals surface area contributed by atoms with Crippen LogP contribution in [0.25, 0.3) is 11.5 Å². The highest BCUT2D eigenvalue weighted by Crippen LogP contribution is 2.45. The Morgan fingerprint density at radius 2 is 1.81 bits per heavy atom. The maximum atomic E-state index is 12.7. The highest BCUT2D eigenvalue weighted by Gasteiger charge is 2.47. The van der Waals surface area contributed by atoms with Crippen molar-refractivity contribution in [2.45, 2.75) is 31.3 Å². The first-order valence-corrected chi connectivity index (χ1v) is 8.86. The third-order valence-electron chi connectivity index (χ3n) is 4.81. The zero-order chi connectivity index (χ0) is 18.0. The van der Waals surface area contributed by atoms with Crippen molar-refractivity contribution in [1.29, 1.82) is 0 Å². The van der Waals surface area contributed by atoms with Crippen LogP contribution in [0.2, 0.25) is 5.02 Å². The van der Waals surface area contributed by atoms with E-state index in [1.807, 2.05) is 42.5 Å². The minimum atomic E-state index is -0.590. The van der Waals surface area contributed by atoms with Crippen LogP contribution in [-0.2, 0) is 21.6 Å². The minimum absolute atomic E-state index is 0.0337. The van der Waals surface area contributed by atoms with Gasteiger partial charge < -0.3 is 9.15 Å². The lowest BCUT2D eigenvalue weighted by molar-refractivity contribution is -0.156. The summed E-state index contributed by atoms with van der Waals surface area (Å²) in [5.74, 6) is 0.432. The number of rotatable bonds is 5. The van der Waals surface area contributed by atoms with Crippen molar-refractivity contribution in [2.24, 2.45) is 0 Å². The van der Waals surface area contributed by atoms with Crippen molar-refractivity contribution < 1.29 is 13.9 Å². The Morgan fingerprint density at radius 3 is 2.46 bits per heavy atom. The molecule has 0 N–H and O–H groups in total. The van der Waals surface area contributed by atoms with E-state index < -0.39 is 5.41 Å². The van der Waals surface area contributed by atoms with Crippen molar-refractivity contribution in [3.63, 3.8) is 0 Å². The molecule has 6 heteroatoms. The number of esters is 1. The van der Waals surface area contributed by atoms with Crippen LogP contribution in [0.5, 0.6) is 0 Å². The zero-order valence-electron chi connectivity index (χ0n) is 14.0. The maximum Gasteiger partial charge on any atom is 0.317 e. The van der Waals surface area contributed by atoms with Gasteiger partial charge in [0.05, 0.1) is 5.41 Å². The van der Waals surface area contributed by atoms with Gasteiger partial charge in [-0.3, -0.25) is 4.79 Å². The number of nitrogens with zero attached hydrogens (tertiary/aromatic N) is 2. The smallest absolute Gasteiger partial charge is 0.317 e. The van der Waals surface area contributed by atoms with E-state index in [2.05, 4.69) is 10.2 Å². The second-order valence-electron chi connectivity index (χ2n) is 6.39. The van der Waals surface area contributed by atoms with E-state index in [0.29, 0.717) is 10.9 Å². The summed E-state index contributed by atoms with van der Waals surface area (Å²) in [4.78, 5) is 12.7. The summed E-state index contributed by atoms with van der Waals surface area (Å²) in [6.07, 6.45) is 2.54. The van der Waals surface area contributed by atoms with E-state index in [-0.39, 0.29) is 18.5 Å². The quantitative estimate of drug-likeness (QED) is 0.618. The van der Waals surface area contributed by atoms with Gasteiger partial charge in [0, 0.05) is 10.6 Å². The largest absolute Gasteiger partial charge is 0.455 e. The minimum Gasteiger partial charge on any atom is -0.455 e. The summed E-state index contributed by atoms with van der Waals surface area (Å²) >= 11 is 5.95. The highest BCUT2D eigenvalue weighted by molar-refractivity contribution is 6.30. The molecule has 5 nitrogen and oxygen atoms in total. The fourth-order valence-electron chi connectivity index (χ4n) is 3.18. The number of carbonyl (C=O) groups is 1. The van der Waals surface area contributed by atoms with E-state index in [1.165, 1.54) is 0 Å². The Hall–Kier alpha value is -2.66. The Bertz CT molecular complexity index is 902. The molecule has 1 aliphatic carbocycles. The van der Waals surface area contributed by atoms with E-state index in [4.69, 9.17) is 20.8 Å². The zero-order valence-corrected chi connectivity index (χ0v) is 14.8. The van der Waals surface area contributed by atoms with Crippen molar-refractivity contribution in [1.82, 2.24) is 10.2 Å². The van der Waals surface area contributed by atoms with Gasteiger partial charge in [-0.2, -0.15) is 0 Å². The summed E-state index contributed by atoms with van der Waals surface area (Å²) in [5, 5.41) is 8.62. The number of ether oxygens (including phenoxy) is 1. The molecule has 0 saturated heterocycles. The molecule has 0 radical (unpaired) electrons. The number of aromatic nitrogens is 2. The lowest BCUT2D eigenvalue weighted by Crippen LogP contribution is -2.43. The average molecular weight is 369 g/mol. The Morgan fingerprint density at radius 1 is 1.08 bits per heavy atom. The summed E-state index contributed by atoms with van der Waals surface area (Å²) < 4.78 is 11.1. The predicted octanol–water partition coefficient (Wildman–Crippen LogP) is 4.56. The average Bonchev–Trinajstić information content (AvgIpc) is 3.10. The van der Waals surface area contributed by atoms with Crippen LogP contribution in [0.15, 0.2) is 59.0 Å². The third kappa shape index (κ3) is 3.10. The lowest BCUT2D eigenvalue weighted by atomic mass is 9.64. The molecule has 2 aromatic carbocycles. The van der Waals surface area contributed by atoms with Crippen LogP contribution in [0, 0.1) is 0 Å². The molecule has 0 bridgehead atoms. The van der Waals surface area contributed by atoms with Gasteiger partial charge in [0.25, 0.3) is 5.89 Å². The van der Waals surface area contributed by atoms with Crippen molar-refractivity contribution >= 4 is 17.6 Å². The first-order chi connectivity index (χ1) is 12.7. The SMILES string of the molecule is O=C(OCc1nnc(-c2ccccc2)o1)C1(c2ccc(Cl)cc2)CCC1. The summed E-state index contributed by atoms with van der Waals surface area (Å²) in [6.45, 7) is -0.0337. The molecule has 0 amide bonds. The molecular weight excluding hydrogens is 352 g/mol. The van der Waals surface area contributed by atoms with Crippen LogP contribution in [-0.4, -0.2) is 16.2 Å². The number of hydrogen-bond donors (Lipinski definition) is 0. The Kier molecular flexibility index (Phi) is 4.47. The van der Waals surface area contributed by atoms with Gasteiger partial charge in [0.15, 0.2) is 6.61 Å². The second-order valence-corrected chi connectivity index (χ2v) is 6.82. The monoisotopic (exact) mass is 368 g/mol. The summed E-state index contributed by atoms with van der Waals surface area (Å²) in [6, 6.07) is 16.9. The molecule has 26 heavy (non-hydrogen) atoms. The second kappa shape index (κ2) is 6.92. The molecular formula is C20H17ClN2O3. The van der Waals surface area contributed by atoms with E-state index in [9.17, 15) is 4.79 Å².